The summed E-state index contributed by atoms with van der Waals surface area (Å²) >= 11 is 0. The SMILES string of the molecule is CN(CC(N)Cc1ccccc1)C(=O)OC(C)(C)C. The molecule has 0 saturated carbocycles. The van der Waals surface area contributed by atoms with Crippen LogP contribution in [0.5, 0.6) is 0 Å². The Kier molecular flexibility index (Phi) is 5.36. The number of nitrogens with two attached hydrogens (primary N) is 1. The van der Waals surface area contributed by atoms with E-state index in [1.807, 2.05) is 51.1 Å². The van der Waals surface area contributed by atoms with Crippen LogP contribution in [-0.2, 0) is 11.2 Å². The van der Waals surface area contributed by atoms with Gasteiger partial charge in [0.2, 0.25) is 0 Å². The first-order chi connectivity index (χ1) is 8.78. The van der Waals surface area contributed by atoms with E-state index >= 15 is 0 Å². The molecule has 0 fully saturated rings. The molecule has 1 aromatic carbocycles. The zero-order chi connectivity index (χ0) is 14.5. The number of amides is 1. The standard InChI is InChI=1S/C15H24N2O2/c1-15(2,3)19-14(18)17(4)11-13(16)10-12-8-6-5-7-9-12/h5-9,13H,10-11,16H2,1-4H3. The van der Waals surface area contributed by atoms with Gasteiger partial charge in [-0.3, -0.25) is 0 Å². The van der Waals surface area contributed by atoms with Gasteiger partial charge in [-0.05, 0) is 32.8 Å². The summed E-state index contributed by atoms with van der Waals surface area (Å²) in [5.41, 5.74) is 6.76. The molecule has 106 valence electrons. The lowest BCUT2D eigenvalue weighted by Gasteiger charge is -2.26. The Labute approximate surface area is 115 Å². The van der Waals surface area contributed by atoms with E-state index in [2.05, 4.69) is 0 Å². The second-order valence-corrected chi connectivity index (χ2v) is 5.81. The highest BCUT2D eigenvalue weighted by atomic mass is 16.6. The summed E-state index contributed by atoms with van der Waals surface area (Å²) in [5.74, 6) is 0. The van der Waals surface area contributed by atoms with Gasteiger partial charge in [0.15, 0.2) is 0 Å². The minimum atomic E-state index is -0.477. The van der Waals surface area contributed by atoms with E-state index in [9.17, 15) is 4.79 Å². The molecule has 1 aromatic rings. The molecule has 1 atom stereocenters. The minimum Gasteiger partial charge on any atom is -0.444 e. The molecule has 2 N–H and O–H groups in total. The lowest BCUT2D eigenvalue weighted by atomic mass is 10.1. The number of hydrogen-bond acceptors (Lipinski definition) is 3. The van der Waals surface area contributed by atoms with Crippen molar-refractivity contribution in [3.8, 4) is 0 Å². The van der Waals surface area contributed by atoms with Gasteiger partial charge in [0, 0.05) is 19.6 Å². The largest absolute Gasteiger partial charge is 0.444 e. The number of ether oxygens (including phenoxy) is 1. The number of likely N-dealkylation sites (N-methyl/N-ethyl adjacent to an activating group) is 1. The quantitative estimate of drug-likeness (QED) is 0.908. The van der Waals surface area contributed by atoms with E-state index in [1.54, 1.807) is 7.05 Å². The van der Waals surface area contributed by atoms with Gasteiger partial charge in [-0.2, -0.15) is 0 Å². The Balaban J connectivity index is 2.44. The fraction of sp³-hybridized carbons (Fsp3) is 0.533. The van der Waals surface area contributed by atoms with Gasteiger partial charge in [-0.25, -0.2) is 4.79 Å². The van der Waals surface area contributed by atoms with Crippen LogP contribution in [0.4, 0.5) is 4.79 Å². The summed E-state index contributed by atoms with van der Waals surface area (Å²) in [6.07, 6.45) is 0.407. The third kappa shape index (κ3) is 6.25. The Hall–Kier alpha value is -1.55. The van der Waals surface area contributed by atoms with Crippen molar-refractivity contribution in [2.24, 2.45) is 5.73 Å². The number of nitrogens with zero attached hydrogens (tertiary/aromatic N) is 1. The summed E-state index contributed by atoms with van der Waals surface area (Å²) < 4.78 is 5.28. The van der Waals surface area contributed by atoms with E-state index in [0.717, 1.165) is 6.42 Å². The Morgan fingerprint density at radius 1 is 1.32 bits per heavy atom. The normalized spacial score (nSPS) is 12.9. The van der Waals surface area contributed by atoms with Gasteiger partial charge >= 0.3 is 6.09 Å². The van der Waals surface area contributed by atoms with Gasteiger partial charge < -0.3 is 15.4 Å². The topological polar surface area (TPSA) is 55.6 Å². The highest BCUT2D eigenvalue weighted by molar-refractivity contribution is 5.67. The molecule has 0 radical (unpaired) electrons. The Bertz CT molecular complexity index is 398. The smallest absolute Gasteiger partial charge is 0.410 e. The van der Waals surface area contributed by atoms with Crippen molar-refractivity contribution >= 4 is 6.09 Å². The van der Waals surface area contributed by atoms with Crippen LogP contribution in [0, 0.1) is 0 Å². The number of hydrogen-bond donors (Lipinski definition) is 1. The summed E-state index contributed by atoms with van der Waals surface area (Å²) in [6.45, 7) is 6.03. The summed E-state index contributed by atoms with van der Waals surface area (Å²) in [4.78, 5) is 13.3. The number of benzene rings is 1. The maximum Gasteiger partial charge on any atom is 0.410 e. The second kappa shape index (κ2) is 6.57. The van der Waals surface area contributed by atoms with Crippen molar-refractivity contribution in [2.45, 2.75) is 38.8 Å². The van der Waals surface area contributed by atoms with E-state index in [-0.39, 0.29) is 12.1 Å². The molecule has 0 heterocycles. The molecule has 0 aliphatic heterocycles. The molecular weight excluding hydrogens is 240 g/mol. The number of rotatable bonds is 4. The van der Waals surface area contributed by atoms with Gasteiger partial charge in [0.05, 0.1) is 0 Å². The fourth-order valence-corrected chi connectivity index (χ4v) is 1.75. The molecule has 1 rings (SSSR count). The molecule has 0 aliphatic rings. The summed E-state index contributed by atoms with van der Waals surface area (Å²) in [7, 11) is 1.71. The van der Waals surface area contributed by atoms with Crippen LogP contribution >= 0.6 is 0 Å². The lowest BCUT2D eigenvalue weighted by molar-refractivity contribution is 0.0289. The van der Waals surface area contributed by atoms with Crippen LogP contribution in [0.15, 0.2) is 30.3 Å². The van der Waals surface area contributed by atoms with Crippen LogP contribution in [0.2, 0.25) is 0 Å². The molecule has 19 heavy (non-hydrogen) atoms. The minimum absolute atomic E-state index is 0.0973. The van der Waals surface area contributed by atoms with Gasteiger partial charge in [0.25, 0.3) is 0 Å². The number of carbonyl (C=O) groups excluding carboxylic acids is 1. The van der Waals surface area contributed by atoms with Crippen molar-refractivity contribution < 1.29 is 9.53 Å². The lowest BCUT2D eigenvalue weighted by Crippen LogP contribution is -2.42. The van der Waals surface area contributed by atoms with E-state index in [1.165, 1.54) is 10.5 Å². The Morgan fingerprint density at radius 2 is 1.89 bits per heavy atom. The summed E-state index contributed by atoms with van der Waals surface area (Å²) in [5, 5.41) is 0. The fourth-order valence-electron chi connectivity index (χ4n) is 1.75. The van der Waals surface area contributed by atoms with Crippen molar-refractivity contribution in [1.29, 1.82) is 0 Å². The van der Waals surface area contributed by atoms with Crippen molar-refractivity contribution in [3.63, 3.8) is 0 Å². The second-order valence-electron chi connectivity index (χ2n) is 5.81. The van der Waals surface area contributed by atoms with E-state index in [0.29, 0.717) is 6.54 Å². The zero-order valence-electron chi connectivity index (χ0n) is 12.2. The molecule has 4 heteroatoms. The first-order valence-electron chi connectivity index (χ1n) is 6.51. The molecule has 4 nitrogen and oxygen atoms in total. The highest BCUT2D eigenvalue weighted by Crippen LogP contribution is 2.10. The molecule has 0 bridgehead atoms. The van der Waals surface area contributed by atoms with E-state index in [4.69, 9.17) is 10.5 Å². The van der Waals surface area contributed by atoms with Crippen LogP contribution < -0.4 is 5.73 Å². The predicted octanol–water partition coefficient (Wildman–Crippen LogP) is 2.42. The number of carbonyl (C=O) groups is 1. The van der Waals surface area contributed by atoms with Crippen LogP contribution in [0.1, 0.15) is 26.3 Å². The van der Waals surface area contributed by atoms with E-state index < -0.39 is 5.60 Å². The summed E-state index contributed by atoms with van der Waals surface area (Å²) in [6, 6.07) is 9.92. The first-order valence-corrected chi connectivity index (χ1v) is 6.51. The van der Waals surface area contributed by atoms with Gasteiger partial charge in [-0.15, -0.1) is 0 Å². The maximum absolute atomic E-state index is 11.8. The van der Waals surface area contributed by atoms with Crippen molar-refractivity contribution in [2.75, 3.05) is 13.6 Å². The molecule has 1 unspecified atom stereocenters. The van der Waals surface area contributed by atoms with Crippen molar-refractivity contribution in [3.05, 3.63) is 35.9 Å². The first kappa shape index (κ1) is 15.5. The van der Waals surface area contributed by atoms with Gasteiger partial charge in [-0.1, -0.05) is 30.3 Å². The maximum atomic E-state index is 11.8. The average Bonchev–Trinajstić information content (AvgIpc) is 2.27. The molecule has 0 aliphatic carbocycles. The third-order valence-electron chi connectivity index (χ3n) is 2.55. The zero-order valence-corrected chi connectivity index (χ0v) is 12.2. The Morgan fingerprint density at radius 3 is 2.42 bits per heavy atom. The van der Waals surface area contributed by atoms with Crippen LogP contribution in [0.25, 0.3) is 0 Å². The molecular formula is C15H24N2O2. The molecule has 0 aromatic heterocycles. The monoisotopic (exact) mass is 264 g/mol. The predicted molar refractivity (Wildman–Crippen MR) is 77.0 cm³/mol. The van der Waals surface area contributed by atoms with Crippen LogP contribution in [-0.4, -0.2) is 36.2 Å². The van der Waals surface area contributed by atoms with Crippen molar-refractivity contribution in [1.82, 2.24) is 4.90 Å². The van der Waals surface area contributed by atoms with Crippen LogP contribution in [0.3, 0.4) is 0 Å². The molecule has 1 amide bonds. The highest BCUT2D eigenvalue weighted by Gasteiger charge is 2.20. The third-order valence-corrected chi connectivity index (χ3v) is 2.55. The average molecular weight is 264 g/mol. The molecule has 0 spiro atoms. The molecule has 0 saturated heterocycles. The van der Waals surface area contributed by atoms with Gasteiger partial charge in [0.1, 0.15) is 5.60 Å².